The zero-order chi connectivity index (χ0) is 12.6. The van der Waals surface area contributed by atoms with Crippen molar-refractivity contribution in [1.82, 2.24) is 0 Å². The van der Waals surface area contributed by atoms with Gasteiger partial charge in [-0.15, -0.1) is 0 Å². The predicted molar refractivity (Wildman–Crippen MR) is 55.5 cm³/mol. The molecule has 1 aromatic rings. The molecule has 0 radical (unpaired) electrons. The summed E-state index contributed by atoms with van der Waals surface area (Å²) < 4.78 is 38.1. The van der Waals surface area contributed by atoms with Crippen molar-refractivity contribution in [2.24, 2.45) is 0 Å². The first-order chi connectivity index (χ1) is 7.16. The molecule has 0 aliphatic carbocycles. The summed E-state index contributed by atoms with van der Waals surface area (Å²) in [6.07, 6.45) is -4.30. The Morgan fingerprint density at radius 1 is 1.06 bits per heavy atom. The van der Waals surface area contributed by atoms with E-state index in [4.69, 9.17) is 0 Å². The van der Waals surface area contributed by atoms with Crippen LogP contribution in [-0.2, 0) is 5.41 Å². The molecule has 0 aliphatic heterocycles. The second-order valence-corrected chi connectivity index (χ2v) is 4.26. The van der Waals surface area contributed by atoms with Crippen LogP contribution < -0.4 is 0 Å². The van der Waals surface area contributed by atoms with Gasteiger partial charge in [0.15, 0.2) is 5.78 Å². The summed E-state index contributed by atoms with van der Waals surface area (Å²) in [6.45, 7) is 3.62. The molecule has 16 heavy (non-hydrogen) atoms. The van der Waals surface area contributed by atoms with Crippen LogP contribution in [-0.4, -0.2) is 12.0 Å². The molecule has 1 aromatic carbocycles. The van der Waals surface area contributed by atoms with E-state index in [1.807, 2.05) is 0 Å². The molecule has 1 nitrogen and oxygen atoms in total. The molecule has 0 bridgehead atoms. The van der Waals surface area contributed by atoms with Crippen molar-refractivity contribution in [1.29, 1.82) is 0 Å². The number of alkyl halides is 3. The second-order valence-electron chi connectivity index (χ2n) is 4.26. The fourth-order valence-corrected chi connectivity index (χ4v) is 1.29. The first-order valence-electron chi connectivity index (χ1n) is 4.84. The summed E-state index contributed by atoms with van der Waals surface area (Å²) in [4.78, 5) is 11.0. The maximum Gasteiger partial charge on any atom is 0.397 e. The highest BCUT2D eigenvalue weighted by Crippen LogP contribution is 2.40. The van der Waals surface area contributed by atoms with Gasteiger partial charge in [0.25, 0.3) is 0 Å². The molecular weight excluding hydrogens is 217 g/mol. The number of Topliss-reactive ketones (excluding diaryl/α,β-unsaturated/α-hetero) is 1. The topological polar surface area (TPSA) is 17.1 Å². The number of hydrogen-bond acceptors (Lipinski definition) is 1. The van der Waals surface area contributed by atoms with Gasteiger partial charge < -0.3 is 0 Å². The highest BCUT2D eigenvalue weighted by atomic mass is 19.4. The molecule has 88 valence electrons. The largest absolute Gasteiger partial charge is 0.397 e. The zero-order valence-corrected chi connectivity index (χ0v) is 9.35. The molecule has 0 heterocycles. The normalized spacial score (nSPS) is 12.6. The molecule has 0 saturated carbocycles. The minimum Gasteiger partial charge on any atom is -0.295 e. The van der Waals surface area contributed by atoms with Gasteiger partial charge in [-0.05, 0) is 26.3 Å². The van der Waals surface area contributed by atoms with E-state index in [0.29, 0.717) is 5.56 Å². The Bertz CT molecular complexity index is 388. The van der Waals surface area contributed by atoms with Gasteiger partial charge in [-0.2, -0.15) is 13.2 Å². The van der Waals surface area contributed by atoms with Crippen LogP contribution >= 0.6 is 0 Å². The maximum absolute atomic E-state index is 12.7. The number of carbonyl (C=O) groups is 1. The molecule has 0 unspecified atom stereocenters. The summed E-state index contributed by atoms with van der Waals surface area (Å²) in [5.41, 5.74) is -1.32. The average Bonchev–Trinajstić information content (AvgIpc) is 2.16. The Hall–Kier alpha value is -1.32. The van der Waals surface area contributed by atoms with Gasteiger partial charge in [0.2, 0.25) is 0 Å². The number of benzene rings is 1. The summed E-state index contributed by atoms with van der Waals surface area (Å²) >= 11 is 0. The van der Waals surface area contributed by atoms with Crippen molar-refractivity contribution in [3.63, 3.8) is 0 Å². The average molecular weight is 230 g/mol. The SMILES string of the molecule is CC(=O)c1ccc(C(C)(C)C(F)(F)F)cc1. The summed E-state index contributed by atoms with van der Waals surface area (Å²) in [5, 5.41) is 0. The quantitative estimate of drug-likeness (QED) is 0.707. The Labute approximate surface area is 92.3 Å². The number of halogens is 3. The van der Waals surface area contributed by atoms with Crippen LogP contribution in [0.3, 0.4) is 0 Å². The summed E-state index contributed by atoms with van der Waals surface area (Å²) in [6, 6.07) is 5.55. The molecule has 0 atom stereocenters. The van der Waals surface area contributed by atoms with Gasteiger partial charge in [0, 0.05) is 5.56 Å². The van der Waals surface area contributed by atoms with E-state index in [1.165, 1.54) is 31.2 Å². The summed E-state index contributed by atoms with van der Waals surface area (Å²) in [7, 11) is 0. The molecule has 0 saturated heterocycles. The Morgan fingerprint density at radius 3 is 1.81 bits per heavy atom. The van der Waals surface area contributed by atoms with Gasteiger partial charge in [-0.3, -0.25) is 4.79 Å². The molecular formula is C12H13F3O. The van der Waals surface area contributed by atoms with Crippen LogP contribution in [0.15, 0.2) is 24.3 Å². The zero-order valence-electron chi connectivity index (χ0n) is 9.35. The van der Waals surface area contributed by atoms with Crippen LogP contribution in [0.25, 0.3) is 0 Å². The molecule has 0 amide bonds. The number of ketones is 1. The minimum absolute atomic E-state index is 0.156. The van der Waals surface area contributed by atoms with Gasteiger partial charge in [0.1, 0.15) is 0 Å². The van der Waals surface area contributed by atoms with E-state index >= 15 is 0 Å². The van der Waals surface area contributed by atoms with Crippen molar-refractivity contribution >= 4 is 5.78 Å². The van der Waals surface area contributed by atoms with Crippen LogP contribution in [0.2, 0.25) is 0 Å². The Morgan fingerprint density at radius 2 is 1.50 bits per heavy atom. The first-order valence-corrected chi connectivity index (χ1v) is 4.84. The van der Waals surface area contributed by atoms with E-state index in [2.05, 4.69) is 0 Å². The lowest BCUT2D eigenvalue weighted by atomic mass is 9.83. The first kappa shape index (κ1) is 12.7. The molecule has 0 N–H and O–H groups in total. The maximum atomic E-state index is 12.7. The number of rotatable bonds is 2. The fourth-order valence-electron chi connectivity index (χ4n) is 1.29. The van der Waals surface area contributed by atoms with Crippen molar-refractivity contribution in [3.05, 3.63) is 35.4 Å². The lowest BCUT2D eigenvalue weighted by Gasteiger charge is -2.28. The van der Waals surface area contributed by atoms with Crippen LogP contribution in [0.5, 0.6) is 0 Å². The van der Waals surface area contributed by atoms with Crippen molar-refractivity contribution < 1.29 is 18.0 Å². The van der Waals surface area contributed by atoms with Crippen LogP contribution in [0.1, 0.15) is 36.7 Å². The monoisotopic (exact) mass is 230 g/mol. The lowest BCUT2D eigenvalue weighted by Crippen LogP contribution is -2.36. The highest BCUT2D eigenvalue weighted by Gasteiger charge is 2.48. The van der Waals surface area contributed by atoms with E-state index in [9.17, 15) is 18.0 Å². The molecule has 0 aliphatic rings. The number of hydrogen-bond donors (Lipinski definition) is 0. The molecule has 1 rings (SSSR count). The predicted octanol–water partition coefficient (Wildman–Crippen LogP) is 3.73. The third-order valence-corrected chi connectivity index (χ3v) is 2.72. The van der Waals surface area contributed by atoms with Gasteiger partial charge in [-0.25, -0.2) is 0 Å². The van der Waals surface area contributed by atoms with E-state index < -0.39 is 11.6 Å². The molecule has 4 heteroatoms. The fraction of sp³-hybridized carbons (Fsp3) is 0.417. The van der Waals surface area contributed by atoms with Crippen molar-refractivity contribution in [3.8, 4) is 0 Å². The van der Waals surface area contributed by atoms with Crippen molar-refractivity contribution in [2.45, 2.75) is 32.4 Å². The number of carbonyl (C=O) groups excluding carboxylic acids is 1. The third kappa shape index (κ3) is 2.26. The van der Waals surface area contributed by atoms with Gasteiger partial charge in [0.05, 0.1) is 5.41 Å². The van der Waals surface area contributed by atoms with Crippen LogP contribution in [0.4, 0.5) is 13.2 Å². The smallest absolute Gasteiger partial charge is 0.295 e. The second kappa shape index (κ2) is 3.92. The molecule has 0 aromatic heterocycles. The lowest BCUT2D eigenvalue weighted by molar-refractivity contribution is -0.180. The van der Waals surface area contributed by atoms with Gasteiger partial charge >= 0.3 is 6.18 Å². The summed E-state index contributed by atoms with van der Waals surface area (Å²) in [5.74, 6) is -0.156. The van der Waals surface area contributed by atoms with Gasteiger partial charge in [-0.1, -0.05) is 24.3 Å². The van der Waals surface area contributed by atoms with E-state index in [1.54, 1.807) is 0 Å². The van der Waals surface area contributed by atoms with E-state index in [-0.39, 0.29) is 11.3 Å². The standard InChI is InChI=1S/C12H13F3O/c1-8(16)9-4-6-10(7-5-9)11(2,3)12(13,14)15/h4-7H,1-3H3. The minimum atomic E-state index is -4.30. The third-order valence-electron chi connectivity index (χ3n) is 2.72. The highest BCUT2D eigenvalue weighted by molar-refractivity contribution is 5.94. The molecule has 0 spiro atoms. The Balaban J connectivity index is 3.11. The molecule has 0 fully saturated rings. The Kier molecular flexibility index (Phi) is 3.13. The van der Waals surface area contributed by atoms with Crippen molar-refractivity contribution in [2.75, 3.05) is 0 Å². The van der Waals surface area contributed by atoms with E-state index in [0.717, 1.165) is 13.8 Å². The van der Waals surface area contributed by atoms with Crippen LogP contribution in [0, 0.1) is 0 Å².